The van der Waals surface area contributed by atoms with Crippen LogP contribution in [0.15, 0.2) is 18.2 Å². The van der Waals surface area contributed by atoms with Crippen LogP contribution < -0.4 is 15.4 Å². The Morgan fingerprint density at radius 1 is 1.26 bits per heavy atom. The minimum atomic E-state index is -0.198. The van der Waals surface area contributed by atoms with Gasteiger partial charge in [0.15, 0.2) is 6.61 Å². The molecule has 0 bridgehead atoms. The Kier molecular flexibility index (Phi) is 6.32. The van der Waals surface area contributed by atoms with Gasteiger partial charge in [-0.1, -0.05) is 19.8 Å². The molecule has 1 aromatic carbocycles. The van der Waals surface area contributed by atoms with Gasteiger partial charge in [0.25, 0.3) is 11.8 Å². The molecule has 0 radical (unpaired) electrons. The van der Waals surface area contributed by atoms with Gasteiger partial charge >= 0.3 is 0 Å². The molecule has 0 atom stereocenters. The van der Waals surface area contributed by atoms with Gasteiger partial charge in [-0.25, -0.2) is 0 Å². The number of benzene rings is 1. The van der Waals surface area contributed by atoms with Crippen LogP contribution in [0.1, 0.15) is 49.4 Å². The van der Waals surface area contributed by atoms with Crippen LogP contribution >= 0.6 is 0 Å². The monoisotopic (exact) mass is 373 g/mol. The number of carbonyl (C=O) groups excluding carboxylic acids is 3. The molecule has 0 unspecified atom stereocenters. The van der Waals surface area contributed by atoms with Crippen molar-refractivity contribution in [3.63, 3.8) is 0 Å². The van der Waals surface area contributed by atoms with Crippen molar-refractivity contribution in [1.82, 2.24) is 10.2 Å². The zero-order valence-electron chi connectivity index (χ0n) is 15.8. The molecule has 1 aromatic rings. The number of amides is 3. The first-order chi connectivity index (χ1) is 13.1. The molecule has 2 N–H and O–H groups in total. The highest BCUT2D eigenvalue weighted by atomic mass is 16.5. The number of nitrogens with one attached hydrogen (secondary N) is 2. The van der Waals surface area contributed by atoms with E-state index in [1.165, 1.54) is 0 Å². The predicted molar refractivity (Wildman–Crippen MR) is 102 cm³/mol. The second-order valence-electron chi connectivity index (χ2n) is 7.11. The molecule has 0 spiro atoms. The molecule has 3 amide bonds. The van der Waals surface area contributed by atoms with Gasteiger partial charge in [0.2, 0.25) is 5.91 Å². The molecule has 1 fully saturated rings. The highest BCUT2D eigenvalue weighted by molar-refractivity contribution is 5.99. The van der Waals surface area contributed by atoms with Gasteiger partial charge in [0, 0.05) is 31.1 Å². The third-order valence-electron chi connectivity index (χ3n) is 5.09. The van der Waals surface area contributed by atoms with Gasteiger partial charge in [-0.3, -0.25) is 14.4 Å². The number of fused-ring (bicyclic) bond motifs is 1. The predicted octanol–water partition coefficient (Wildman–Crippen LogP) is 2.18. The number of likely N-dealkylation sites (tertiary alicyclic amines) is 1. The molecule has 0 aromatic heterocycles. The van der Waals surface area contributed by atoms with Crippen molar-refractivity contribution < 1.29 is 19.1 Å². The fourth-order valence-corrected chi connectivity index (χ4v) is 3.47. The van der Waals surface area contributed by atoms with Crippen LogP contribution in [0, 0.1) is 5.92 Å². The van der Waals surface area contributed by atoms with E-state index in [1.54, 1.807) is 23.1 Å². The van der Waals surface area contributed by atoms with Crippen LogP contribution in [-0.4, -0.2) is 48.9 Å². The number of hydrogen-bond donors (Lipinski definition) is 2. The maximum absolute atomic E-state index is 12.8. The molecule has 27 heavy (non-hydrogen) atoms. The maximum atomic E-state index is 12.8. The number of hydrogen-bond acceptors (Lipinski definition) is 4. The summed E-state index contributed by atoms with van der Waals surface area (Å²) in [5.41, 5.74) is 1.12. The summed E-state index contributed by atoms with van der Waals surface area (Å²) in [6, 6.07) is 5.06. The zero-order valence-corrected chi connectivity index (χ0v) is 15.8. The fourth-order valence-electron chi connectivity index (χ4n) is 3.47. The summed E-state index contributed by atoms with van der Waals surface area (Å²) in [6.07, 6.45) is 4.64. The summed E-state index contributed by atoms with van der Waals surface area (Å²) in [5, 5.41) is 5.72. The normalized spacial score (nSPS) is 16.9. The highest BCUT2D eigenvalue weighted by Gasteiger charge is 2.28. The zero-order chi connectivity index (χ0) is 19.2. The Morgan fingerprint density at radius 3 is 2.78 bits per heavy atom. The number of unbranched alkanes of at least 4 members (excludes halogenated alkanes) is 2. The molecule has 2 aliphatic rings. The van der Waals surface area contributed by atoms with Gasteiger partial charge in [-0.2, -0.15) is 0 Å². The van der Waals surface area contributed by atoms with E-state index in [4.69, 9.17) is 4.74 Å². The molecular formula is C20H27N3O4. The number of rotatable bonds is 6. The summed E-state index contributed by atoms with van der Waals surface area (Å²) in [4.78, 5) is 38.1. The third-order valence-corrected chi connectivity index (χ3v) is 5.09. The van der Waals surface area contributed by atoms with Crippen molar-refractivity contribution in [2.45, 2.75) is 39.0 Å². The van der Waals surface area contributed by atoms with Crippen molar-refractivity contribution in [1.29, 1.82) is 0 Å². The first kappa shape index (κ1) is 19.2. The average molecular weight is 373 g/mol. The van der Waals surface area contributed by atoms with Gasteiger partial charge < -0.3 is 20.3 Å². The second kappa shape index (κ2) is 8.88. The molecule has 7 heteroatoms. The Labute approximate surface area is 159 Å². The summed E-state index contributed by atoms with van der Waals surface area (Å²) in [7, 11) is 0. The molecule has 0 saturated carbocycles. The standard InChI is InChI=1S/C20H27N3O4/c1-2-3-4-9-21-19(25)14-7-10-23(11-8-14)20(26)15-5-6-16-17(12-15)27-13-18(24)22-16/h5-6,12,14H,2-4,7-11,13H2,1H3,(H,21,25)(H,22,24). The number of carbonyl (C=O) groups is 3. The number of anilines is 1. The van der Waals surface area contributed by atoms with Gasteiger partial charge in [-0.15, -0.1) is 0 Å². The molecule has 3 rings (SSSR count). The lowest BCUT2D eigenvalue weighted by Crippen LogP contribution is -2.43. The molecule has 2 heterocycles. The Hall–Kier alpha value is -2.57. The minimum Gasteiger partial charge on any atom is -0.482 e. The maximum Gasteiger partial charge on any atom is 0.262 e. The summed E-state index contributed by atoms with van der Waals surface area (Å²) in [5.74, 6) is 0.340. The minimum absolute atomic E-state index is 0.0160. The average Bonchev–Trinajstić information content (AvgIpc) is 2.70. The van der Waals surface area contributed by atoms with Crippen molar-refractivity contribution in [3.05, 3.63) is 23.8 Å². The Morgan fingerprint density at radius 2 is 2.04 bits per heavy atom. The SMILES string of the molecule is CCCCCNC(=O)C1CCN(C(=O)c2ccc3c(c2)OCC(=O)N3)CC1. The first-order valence-electron chi connectivity index (χ1n) is 9.72. The second-order valence-corrected chi connectivity index (χ2v) is 7.11. The first-order valence-corrected chi connectivity index (χ1v) is 9.72. The van der Waals surface area contributed by atoms with E-state index in [0.29, 0.717) is 42.9 Å². The van der Waals surface area contributed by atoms with Crippen LogP contribution in [0.5, 0.6) is 5.75 Å². The number of nitrogens with zero attached hydrogens (tertiary/aromatic N) is 1. The molecule has 2 aliphatic heterocycles. The van der Waals surface area contributed by atoms with Crippen LogP contribution in [0.2, 0.25) is 0 Å². The molecule has 1 saturated heterocycles. The summed E-state index contributed by atoms with van der Waals surface area (Å²) >= 11 is 0. The van der Waals surface area contributed by atoms with E-state index in [2.05, 4.69) is 17.6 Å². The van der Waals surface area contributed by atoms with E-state index < -0.39 is 0 Å². The number of piperidine rings is 1. The van der Waals surface area contributed by atoms with Crippen LogP contribution in [-0.2, 0) is 9.59 Å². The Balaban J connectivity index is 1.51. The summed E-state index contributed by atoms with van der Waals surface area (Å²) in [6.45, 7) is 3.97. The topological polar surface area (TPSA) is 87.7 Å². The van der Waals surface area contributed by atoms with Gasteiger partial charge in [0.05, 0.1) is 5.69 Å². The highest BCUT2D eigenvalue weighted by Crippen LogP contribution is 2.29. The summed E-state index contributed by atoms with van der Waals surface area (Å²) < 4.78 is 5.38. The molecule has 0 aliphatic carbocycles. The van der Waals surface area contributed by atoms with Crippen LogP contribution in [0.3, 0.4) is 0 Å². The van der Waals surface area contributed by atoms with Crippen molar-refractivity contribution >= 4 is 23.4 Å². The molecule has 7 nitrogen and oxygen atoms in total. The van der Waals surface area contributed by atoms with Gasteiger partial charge in [0.1, 0.15) is 5.75 Å². The van der Waals surface area contributed by atoms with Crippen LogP contribution in [0.25, 0.3) is 0 Å². The lowest BCUT2D eigenvalue weighted by molar-refractivity contribution is -0.126. The third kappa shape index (κ3) is 4.78. The van der Waals surface area contributed by atoms with Crippen molar-refractivity contribution in [3.8, 4) is 5.75 Å². The fraction of sp³-hybridized carbons (Fsp3) is 0.550. The van der Waals surface area contributed by atoms with E-state index >= 15 is 0 Å². The lowest BCUT2D eigenvalue weighted by Gasteiger charge is -2.31. The van der Waals surface area contributed by atoms with Crippen molar-refractivity contribution in [2.75, 3.05) is 31.6 Å². The lowest BCUT2D eigenvalue weighted by atomic mass is 9.95. The van der Waals surface area contributed by atoms with Gasteiger partial charge in [-0.05, 0) is 37.5 Å². The van der Waals surface area contributed by atoms with E-state index in [0.717, 1.165) is 25.8 Å². The smallest absolute Gasteiger partial charge is 0.262 e. The quantitative estimate of drug-likeness (QED) is 0.748. The Bertz CT molecular complexity index is 711. The molecule has 146 valence electrons. The largest absolute Gasteiger partial charge is 0.482 e. The molecular weight excluding hydrogens is 346 g/mol. The van der Waals surface area contributed by atoms with Crippen LogP contribution in [0.4, 0.5) is 5.69 Å². The van der Waals surface area contributed by atoms with E-state index in [9.17, 15) is 14.4 Å². The van der Waals surface area contributed by atoms with E-state index in [1.807, 2.05) is 0 Å². The number of ether oxygens (including phenoxy) is 1. The van der Waals surface area contributed by atoms with Crippen molar-refractivity contribution in [2.24, 2.45) is 5.92 Å². The van der Waals surface area contributed by atoms with E-state index in [-0.39, 0.29) is 30.2 Å².